The SMILES string of the molecule is Cc1cc(CS(=O)(=O)N2CC(O)CC2c2ccc(F)cc2)no1. The second-order valence-corrected chi connectivity index (χ2v) is 7.63. The second kappa shape index (κ2) is 6.03. The van der Waals surface area contributed by atoms with Crippen molar-refractivity contribution >= 4 is 10.0 Å². The number of aromatic nitrogens is 1. The lowest BCUT2D eigenvalue weighted by atomic mass is 10.0. The van der Waals surface area contributed by atoms with Gasteiger partial charge in [0.1, 0.15) is 23.0 Å². The summed E-state index contributed by atoms with van der Waals surface area (Å²) in [6, 6.07) is 6.71. The molecule has 1 saturated heterocycles. The van der Waals surface area contributed by atoms with Gasteiger partial charge in [-0.25, -0.2) is 12.8 Å². The maximum Gasteiger partial charge on any atom is 0.220 e. The van der Waals surface area contributed by atoms with Gasteiger partial charge < -0.3 is 9.63 Å². The lowest BCUT2D eigenvalue weighted by molar-refractivity contribution is 0.188. The Morgan fingerprint density at radius 1 is 1.39 bits per heavy atom. The average Bonchev–Trinajstić information content (AvgIpc) is 3.06. The minimum Gasteiger partial charge on any atom is -0.392 e. The molecule has 1 aromatic heterocycles. The first-order chi connectivity index (χ1) is 10.8. The molecule has 23 heavy (non-hydrogen) atoms. The molecular weight excluding hydrogens is 323 g/mol. The van der Waals surface area contributed by atoms with Gasteiger partial charge in [-0.1, -0.05) is 17.3 Å². The first-order valence-corrected chi connectivity index (χ1v) is 8.81. The third-order valence-corrected chi connectivity index (χ3v) is 5.63. The van der Waals surface area contributed by atoms with Crippen molar-refractivity contribution in [1.82, 2.24) is 9.46 Å². The van der Waals surface area contributed by atoms with Gasteiger partial charge in [0, 0.05) is 12.6 Å². The van der Waals surface area contributed by atoms with E-state index >= 15 is 0 Å². The highest BCUT2D eigenvalue weighted by molar-refractivity contribution is 7.88. The molecule has 2 aromatic rings. The van der Waals surface area contributed by atoms with Crippen molar-refractivity contribution in [3.63, 3.8) is 0 Å². The number of hydrogen-bond acceptors (Lipinski definition) is 5. The zero-order chi connectivity index (χ0) is 16.6. The minimum atomic E-state index is -3.68. The van der Waals surface area contributed by atoms with E-state index in [-0.39, 0.29) is 24.5 Å². The van der Waals surface area contributed by atoms with E-state index in [0.29, 0.717) is 17.0 Å². The molecule has 3 rings (SSSR count). The molecule has 0 aliphatic carbocycles. The quantitative estimate of drug-likeness (QED) is 0.917. The Balaban J connectivity index is 1.87. The molecule has 1 N–H and O–H groups in total. The van der Waals surface area contributed by atoms with Crippen molar-refractivity contribution in [3.05, 3.63) is 53.2 Å². The minimum absolute atomic E-state index is 0.0151. The van der Waals surface area contributed by atoms with Gasteiger partial charge >= 0.3 is 0 Å². The van der Waals surface area contributed by atoms with Crippen LogP contribution in [0.3, 0.4) is 0 Å². The van der Waals surface area contributed by atoms with E-state index in [1.165, 1.54) is 16.4 Å². The summed E-state index contributed by atoms with van der Waals surface area (Å²) in [5, 5.41) is 13.6. The predicted octanol–water partition coefficient (Wildman–Crippen LogP) is 1.76. The van der Waals surface area contributed by atoms with Crippen LogP contribution in [0, 0.1) is 12.7 Å². The molecule has 2 unspecified atom stereocenters. The third-order valence-electron chi connectivity index (χ3n) is 3.85. The maximum absolute atomic E-state index is 13.1. The third kappa shape index (κ3) is 3.44. The molecule has 0 saturated carbocycles. The van der Waals surface area contributed by atoms with Gasteiger partial charge in [-0.2, -0.15) is 4.31 Å². The number of rotatable bonds is 4. The molecule has 1 aromatic carbocycles. The first-order valence-electron chi connectivity index (χ1n) is 7.20. The number of aryl methyl sites for hydroxylation is 1. The maximum atomic E-state index is 13.1. The topological polar surface area (TPSA) is 83.6 Å². The molecular formula is C15H17FN2O4S. The lowest BCUT2D eigenvalue weighted by Gasteiger charge is -2.23. The smallest absolute Gasteiger partial charge is 0.220 e. The molecule has 1 aliphatic heterocycles. The number of β-amino-alcohol motifs (C(OH)–C–C–N with tert-alkyl or cyclic N) is 1. The average molecular weight is 340 g/mol. The Bertz CT molecular complexity index is 788. The summed E-state index contributed by atoms with van der Waals surface area (Å²) in [5.74, 6) is -0.152. The van der Waals surface area contributed by atoms with Gasteiger partial charge in [-0.05, 0) is 31.0 Å². The van der Waals surface area contributed by atoms with E-state index in [2.05, 4.69) is 5.16 Å². The Morgan fingerprint density at radius 2 is 2.09 bits per heavy atom. The van der Waals surface area contributed by atoms with Crippen LogP contribution in [0.15, 0.2) is 34.9 Å². The van der Waals surface area contributed by atoms with Gasteiger partial charge in [-0.3, -0.25) is 0 Å². The highest BCUT2D eigenvalue weighted by Crippen LogP contribution is 2.35. The summed E-state index contributed by atoms with van der Waals surface area (Å²) in [4.78, 5) is 0. The van der Waals surface area contributed by atoms with Crippen molar-refractivity contribution in [1.29, 1.82) is 0 Å². The van der Waals surface area contributed by atoms with Crippen LogP contribution in [0.1, 0.15) is 29.5 Å². The van der Waals surface area contributed by atoms with E-state index in [4.69, 9.17) is 4.52 Å². The number of halogens is 1. The highest BCUT2D eigenvalue weighted by atomic mass is 32.2. The largest absolute Gasteiger partial charge is 0.392 e. The van der Waals surface area contributed by atoms with Gasteiger partial charge in [0.2, 0.25) is 10.0 Å². The molecule has 0 radical (unpaired) electrons. The fraction of sp³-hybridized carbons (Fsp3) is 0.400. The molecule has 2 atom stereocenters. The zero-order valence-electron chi connectivity index (χ0n) is 12.5. The van der Waals surface area contributed by atoms with Gasteiger partial charge in [0.15, 0.2) is 0 Å². The summed E-state index contributed by atoms with van der Waals surface area (Å²) in [6.07, 6.45) is -0.471. The number of benzene rings is 1. The molecule has 0 spiro atoms. The van der Waals surface area contributed by atoms with E-state index in [1.807, 2.05) is 0 Å². The second-order valence-electron chi connectivity index (χ2n) is 5.71. The normalized spacial score (nSPS) is 22.6. The standard InChI is InChI=1S/C15H17FN2O4S/c1-10-6-13(17-22-10)9-23(20,21)18-8-14(19)7-15(18)11-2-4-12(16)5-3-11/h2-6,14-15,19H,7-9H2,1H3. The number of aliphatic hydroxyl groups is 1. The van der Waals surface area contributed by atoms with Crippen molar-refractivity contribution in [2.45, 2.75) is 31.2 Å². The fourth-order valence-corrected chi connectivity index (χ4v) is 4.51. The van der Waals surface area contributed by atoms with E-state index in [9.17, 15) is 17.9 Å². The van der Waals surface area contributed by atoms with Crippen LogP contribution < -0.4 is 0 Å². The lowest BCUT2D eigenvalue weighted by Crippen LogP contribution is -2.33. The van der Waals surface area contributed by atoms with Gasteiger partial charge in [-0.15, -0.1) is 0 Å². The molecule has 2 heterocycles. The van der Waals surface area contributed by atoms with Crippen LogP contribution in [0.25, 0.3) is 0 Å². The molecule has 0 bridgehead atoms. The van der Waals surface area contributed by atoms with Crippen LogP contribution in [-0.2, 0) is 15.8 Å². The summed E-state index contributed by atoms with van der Waals surface area (Å²) in [6.45, 7) is 1.70. The number of sulfonamides is 1. The van der Waals surface area contributed by atoms with Crippen LogP contribution in [0.4, 0.5) is 4.39 Å². The van der Waals surface area contributed by atoms with Crippen LogP contribution in [0.5, 0.6) is 0 Å². The molecule has 8 heteroatoms. The van der Waals surface area contributed by atoms with E-state index < -0.39 is 22.2 Å². The number of hydrogen-bond donors (Lipinski definition) is 1. The van der Waals surface area contributed by atoms with Crippen molar-refractivity contribution in [2.24, 2.45) is 0 Å². The number of nitrogens with zero attached hydrogens (tertiary/aromatic N) is 2. The van der Waals surface area contributed by atoms with Crippen LogP contribution in [-0.4, -0.2) is 35.6 Å². The fourth-order valence-electron chi connectivity index (χ4n) is 2.84. The van der Waals surface area contributed by atoms with Gasteiger partial charge in [0.05, 0.1) is 12.1 Å². The Morgan fingerprint density at radius 3 is 2.70 bits per heavy atom. The summed E-state index contributed by atoms with van der Waals surface area (Å²) >= 11 is 0. The van der Waals surface area contributed by atoms with Crippen molar-refractivity contribution in [3.8, 4) is 0 Å². The first kappa shape index (κ1) is 16.1. The molecule has 1 aliphatic rings. The highest BCUT2D eigenvalue weighted by Gasteiger charge is 2.39. The predicted molar refractivity (Wildman–Crippen MR) is 80.3 cm³/mol. The monoisotopic (exact) mass is 340 g/mol. The van der Waals surface area contributed by atoms with Gasteiger partial charge in [0.25, 0.3) is 0 Å². The van der Waals surface area contributed by atoms with E-state index in [0.717, 1.165) is 0 Å². The molecule has 0 amide bonds. The van der Waals surface area contributed by atoms with E-state index in [1.54, 1.807) is 25.1 Å². The molecule has 124 valence electrons. The van der Waals surface area contributed by atoms with Crippen LogP contribution in [0.2, 0.25) is 0 Å². The Kier molecular flexibility index (Phi) is 4.22. The molecule has 6 nitrogen and oxygen atoms in total. The summed E-state index contributed by atoms with van der Waals surface area (Å²) in [7, 11) is -3.68. The van der Waals surface area contributed by atoms with Crippen LogP contribution >= 0.6 is 0 Å². The Hall–Kier alpha value is -1.77. The summed E-state index contributed by atoms with van der Waals surface area (Å²) in [5.41, 5.74) is 0.976. The zero-order valence-corrected chi connectivity index (χ0v) is 13.3. The Labute approximate surface area is 133 Å². The van der Waals surface area contributed by atoms with Crippen molar-refractivity contribution in [2.75, 3.05) is 6.54 Å². The van der Waals surface area contributed by atoms with Crippen molar-refractivity contribution < 1.29 is 22.4 Å². The number of aliphatic hydroxyl groups excluding tert-OH is 1. The molecule has 1 fully saturated rings. The summed E-state index contributed by atoms with van der Waals surface area (Å²) < 4.78 is 44.6.